The molecule has 2 aliphatic rings. The van der Waals surface area contributed by atoms with E-state index in [-0.39, 0.29) is 37.8 Å². The van der Waals surface area contributed by atoms with Crippen LogP contribution < -0.4 is 20.4 Å². The molecule has 3 rings (SSSR count). The number of anilines is 2. The number of ether oxygens (including phenoxy) is 2. The molecule has 158 valence electrons. The van der Waals surface area contributed by atoms with Crippen molar-refractivity contribution in [3.63, 3.8) is 0 Å². The number of rotatable bonds is 5. The van der Waals surface area contributed by atoms with Crippen LogP contribution in [0.3, 0.4) is 0 Å². The van der Waals surface area contributed by atoms with E-state index in [1.165, 1.54) is 31.1 Å². The van der Waals surface area contributed by atoms with Crippen molar-refractivity contribution in [1.29, 1.82) is 0 Å². The van der Waals surface area contributed by atoms with E-state index >= 15 is 0 Å². The van der Waals surface area contributed by atoms with Gasteiger partial charge in [-0.3, -0.25) is 9.69 Å². The maximum Gasteiger partial charge on any atom is 0.414 e. The number of carbonyl (C=O) groups is 3. The second-order valence-electron chi connectivity index (χ2n) is 6.90. The number of benzene rings is 1. The second kappa shape index (κ2) is 8.52. The number of aliphatic hydroxyl groups is 1. The van der Waals surface area contributed by atoms with Gasteiger partial charge in [-0.1, -0.05) is 0 Å². The molecule has 1 aromatic carbocycles. The molecule has 0 aromatic heterocycles. The molecule has 2 aliphatic heterocycles. The second-order valence-corrected chi connectivity index (χ2v) is 6.90. The van der Waals surface area contributed by atoms with Crippen LogP contribution in [-0.2, 0) is 14.3 Å². The first kappa shape index (κ1) is 20.6. The summed E-state index contributed by atoms with van der Waals surface area (Å²) < 4.78 is 24.4. The number of cyclic esters (lactones) is 1. The summed E-state index contributed by atoms with van der Waals surface area (Å²) in [5.41, 5.74) is 0.565. The quantitative estimate of drug-likeness (QED) is 0.634. The van der Waals surface area contributed by atoms with Gasteiger partial charge in [-0.05, 0) is 18.2 Å². The number of methoxy groups -OCH3 is 1. The summed E-state index contributed by atoms with van der Waals surface area (Å²) >= 11 is 0. The normalized spacial score (nSPS) is 23.7. The maximum atomic E-state index is 14.7. The molecule has 2 fully saturated rings. The Hall–Kier alpha value is -3.08. The Morgan fingerprint density at radius 2 is 2.10 bits per heavy atom. The number of halogens is 1. The summed E-state index contributed by atoms with van der Waals surface area (Å²) in [7, 11) is 1.22. The monoisotopic (exact) mass is 410 g/mol. The lowest BCUT2D eigenvalue weighted by molar-refractivity contribution is -0.119. The first-order valence-corrected chi connectivity index (χ1v) is 9.08. The standard InChI is InChI=1S/C18H23FN4O6/c1-10(24)20-6-12-7-23(18(27)29-12)11-3-4-15(13(19)5-11)22-8-14(16(25)9-22)21-17(26)28-2/h3-5,12,14,16,25H,6-9H2,1-2H3,(H,20,24)(H,21,26)/t12-,14-,16-/m0/s1. The predicted molar refractivity (Wildman–Crippen MR) is 100 cm³/mol. The highest BCUT2D eigenvalue weighted by atomic mass is 19.1. The fraction of sp³-hybridized carbons (Fsp3) is 0.500. The van der Waals surface area contributed by atoms with Gasteiger partial charge in [0.05, 0.1) is 43.7 Å². The number of carbonyl (C=O) groups excluding carboxylic acids is 3. The van der Waals surface area contributed by atoms with E-state index in [2.05, 4.69) is 15.4 Å². The molecule has 0 saturated carbocycles. The Kier molecular flexibility index (Phi) is 6.06. The van der Waals surface area contributed by atoms with Crippen molar-refractivity contribution >= 4 is 29.5 Å². The highest BCUT2D eigenvalue weighted by Crippen LogP contribution is 2.29. The van der Waals surface area contributed by atoms with Crippen molar-refractivity contribution < 1.29 is 33.4 Å². The van der Waals surface area contributed by atoms with Gasteiger partial charge in [-0.25, -0.2) is 14.0 Å². The van der Waals surface area contributed by atoms with E-state index in [9.17, 15) is 23.9 Å². The molecule has 11 heteroatoms. The van der Waals surface area contributed by atoms with Crippen LogP contribution >= 0.6 is 0 Å². The summed E-state index contributed by atoms with van der Waals surface area (Å²) in [6.45, 7) is 2.07. The lowest BCUT2D eigenvalue weighted by atomic mass is 10.2. The highest BCUT2D eigenvalue weighted by molar-refractivity contribution is 5.90. The number of nitrogens with zero attached hydrogens (tertiary/aromatic N) is 2. The predicted octanol–water partition coefficient (Wildman–Crippen LogP) is 0.193. The minimum absolute atomic E-state index is 0.134. The molecular weight excluding hydrogens is 387 g/mol. The molecule has 2 saturated heterocycles. The SMILES string of the molecule is COC(=O)N[C@H]1CN(c2ccc(N3C[C@H](CNC(C)=O)OC3=O)cc2F)C[C@@H]1O. The Balaban J connectivity index is 1.67. The molecule has 0 aliphatic carbocycles. The van der Waals surface area contributed by atoms with Gasteiger partial charge in [0.2, 0.25) is 5.91 Å². The van der Waals surface area contributed by atoms with Crippen LogP contribution in [0.25, 0.3) is 0 Å². The molecule has 1 aromatic rings. The highest BCUT2D eigenvalue weighted by Gasteiger charge is 2.35. The minimum atomic E-state index is -0.878. The van der Waals surface area contributed by atoms with Gasteiger partial charge in [0.1, 0.15) is 11.9 Å². The van der Waals surface area contributed by atoms with Crippen LogP contribution in [0.4, 0.5) is 25.4 Å². The fourth-order valence-corrected chi connectivity index (χ4v) is 3.35. The zero-order valence-corrected chi connectivity index (χ0v) is 16.1. The molecule has 3 atom stereocenters. The van der Waals surface area contributed by atoms with Crippen molar-refractivity contribution in [2.24, 2.45) is 0 Å². The molecular formula is C18H23FN4O6. The number of aliphatic hydroxyl groups excluding tert-OH is 1. The topological polar surface area (TPSA) is 120 Å². The molecule has 0 radical (unpaired) electrons. The van der Waals surface area contributed by atoms with Gasteiger partial charge in [-0.15, -0.1) is 0 Å². The Morgan fingerprint density at radius 1 is 1.34 bits per heavy atom. The summed E-state index contributed by atoms with van der Waals surface area (Å²) in [5, 5.41) is 15.2. The van der Waals surface area contributed by atoms with E-state index in [4.69, 9.17) is 4.74 Å². The molecule has 2 heterocycles. The minimum Gasteiger partial charge on any atom is -0.453 e. The van der Waals surface area contributed by atoms with E-state index in [1.54, 1.807) is 11.0 Å². The smallest absolute Gasteiger partial charge is 0.414 e. The van der Waals surface area contributed by atoms with Crippen LogP contribution in [0.1, 0.15) is 6.92 Å². The van der Waals surface area contributed by atoms with Crippen molar-refractivity contribution in [2.45, 2.75) is 25.2 Å². The molecule has 3 amide bonds. The van der Waals surface area contributed by atoms with Crippen LogP contribution in [0.15, 0.2) is 18.2 Å². The number of nitrogens with one attached hydrogen (secondary N) is 2. The number of hydrogen-bond donors (Lipinski definition) is 3. The first-order chi connectivity index (χ1) is 13.8. The summed E-state index contributed by atoms with van der Waals surface area (Å²) in [5.74, 6) is -0.811. The Morgan fingerprint density at radius 3 is 2.76 bits per heavy atom. The Bertz CT molecular complexity index is 807. The lowest BCUT2D eigenvalue weighted by Gasteiger charge is -2.21. The molecule has 10 nitrogen and oxygen atoms in total. The fourth-order valence-electron chi connectivity index (χ4n) is 3.35. The van der Waals surface area contributed by atoms with Gasteiger partial charge in [0.15, 0.2) is 0 Å². The molecule has 0 spiro atoms. The molecule has 3 N–H and O–H groups in total. The summed E-state index contributed by atoms with van der Waals surface area (Å²) in [6, 6.07) is 3.70. The van der Waals surface area contributed by atoms with Crippen molar-refractivity contribution in [2.75, 3.05) is 43.1 Å². The number of β-amino-alcohol motifs (C(OH)–C–C–N with tert-alkyl or cyclic N) is 1. The van der Waals surface area contributed by atoms with Gasteiger partial charge in [-0.2, -0.15) is 0 Å². The zero-order chi connectivity index (χ0) is 21.1. The third-order valence-corrected chi connectivity index (χ3v) is 4.81. The number of alkyl carbamates (subject to hydrolysis) is 1. The van der Waals surface area contributed by atoms with Crippen molar-refractivity contribution in [1.82, 2.24) is 10.6 Å². The molecule has 29 heavy (non-hydrogen) atoms. The van der Waals surface area contributed by atoms with Gasteiger partial charge >= 0.3 is 12.2 Å². The molecule has 0 unspecified atom stereocenters. The van der Waals surface area contributed by atoms with Crippen LogP contribution in [0.2, 0.25) is 0 Å². The lowest BCUT2D eigenvalue weighted by Crippen LogP contribution is -2.42. The van der Waals surface area contributed by atoms with E-state index in [0.717, 1.165) is 0 Å². The summed E-state index contributed by atoms with van der Waals surface area (Å²) in [6.07, 6.45) is -2.69. The van der Waals surface area contributed by atoms with E-state index in [0.29, 0.717) is 5.69 Å². The summed E-state index contributed by atoms with van der Waals surface area (Å²) in [4.78, 5) is 37.3. The average molecular weight is 410 g/mol. The Labute approximate surface area is 166 Å². The third kappa shape index (κ3) is 4.67. The first-order valence-electron chi connectivity index (χ1n) is 9.08. The van der Waals surface area contributed by atoms with E-state index < -0.39 is 36.3 Å². The molecule has 0 bridgehead atoms. The number of amides is 3. The van der Waals surface area contributed by atoms with Gasteiger partial charge < -0.3 is 30.1 Å². The van der Waals surface area contributed by atoms with Crippen LogP contribution in [0.5, 0.6) is 0 Å². The largest absolute Gasteiger partial charge is 0.453 e. The van der Waals surface area contributed by atoms with Crippen molar-refractivity contribution in [3.8, 4) is 0 Å². The zero-order valence-electron chi connectivity index (χ0n) is 16.1. The maximum absolute atomic E-state index is 14.7. The van der Waals surface area contributed by atoms with Crippen molar-refractivity contribution in [3.05, 3.63) is 24.0 Å². The van der Waals surface area contributed by atoms with E-state index in [1.807, 2.05) is 0 Å². The third-order valence-electron chi connectivity index (χ3n) is 4.81. The number of hydrogen-bond acceptors (Lipinski definition) is 7. The van der Waals surface area contributed by atoms with Gasteiger partial charge in [0.25, 0.3) is 0 Å². The van der Waals surface area contributed by atoms with Crippen LogP contribution in [-0.4, -0.2) is 74.7 Å². The van der Waals surface area contributed by atoms with Gasteiger partial charge in [0, 0.05) is 20.0 Å². The average Bonchev–Trinajstić information content (AvgIpc) is 3.22. The van der Waals surface area contributed by atoms with Crippen LogP contribution in [0, 0.1) is 5.82 Å².